The fourth-order valence-corrected chi connectivity index (χ4v) is 3.10. The third kappa shape index (κ3) is 4.77. The molecule has 0 saturated carbocycles. The molecule has 0 bridgehead atoms. The maximum Gasteiger partial charge on any atom is 0.259 e. The summed E-state index contributed by atoms with van der Waals surface area (Å²) >= 11 is 0. The van der Waals surface area contributed by atoms with E-state index >= 15 is 0 Å². The molecule has 0 saturated heterocycles. The Balaban J connectivity index is 2.39. The molecule has 0 atom stereocenters. The Labute approximate surface area is 163 Å². The first-order valence-electron chi connectivity index (χ1n) is 8.00. The summed E-state index contributed by atoms with van der Waals surface area (Å²) in [5.41, 5.74) is 0.768. The smallest absolute Gasteiger partial charge is 0.259 e. The molecule has 0 fully saturated rings. The lowest BCUT2D eigenvalue weighted by atomic mass is 10.1. The van der Waals surface area contributed by atoms with Crippen LogP contribution in [0.3, 0.4) is 0 Å². The lowest BCUT2D eigenvalue weighted by Gasteiger charge is -2.16. The van der Waals surface area contributed by atoms with E-state index in [1.54, 1.807) is 12.1 Å². The van der Waals surface area contributed by atoms with Gasteiger partial charge in [-0.2, -0.15) is 0 Å². The third-order valence-corrected chi connectivity index (χ3v) is 4.29. The molecule has 28 heavy (non-hydrogen) atoms. The number of amides is 1. The normalized spacial score (nSPS) is 10.8. The van der Waals surface area contributed by atoms with Crippen LogP contribution in [0.2, 0.25) is 0 Å². The van der Waals surface area contributed by atoms with Gasteiger partial charge in [0, 0.05) is 5.69 Å². The summed E-state index contributed by atoms with van der Waals surface area (Å²) in [5.74, 6) is 0.745. The van der Waals surface area contributed by atoms with Gasteiger partial charge in [-0.05, 0) is 30.3 Å². The van der Waals surface area contributed by atoms with Gasteiger partial charge in [-0.3, -0.25) is 9.52 Å². The Morgan fingerprint density at radius 3 is 2.00 bits per heavy atom. The SMILES string of the molecule is COc1ccc(NC(=O)c2ccc(OC)c(OC)c2OC)cc1NS(C)(=O)=O. The second-order valence-electron chi connectivity index (χ2n) is 5.63. The van der Waals surface area contributed by atoms with Gasteiger partial charge in [-0.15, -0.1) is 0 Å². The van der Waals surface area contributed by atoms with E-state index in [4.69, 9.17) is 18.9 Å². The lowest BCUT2D eigenvalue weighted by molar-refractivity contribution is 0.102. The van der Waals surface area contributed by atoms with Gasteiger partial charge < -0.3 is 24.3 Å². The number of sulfonamides is 1. The zero-order chi connectivity index (χ0) is 20.9. The Bertz CT molecular complexity index is 974. The highest BCUT2D eigenvalue weighted by Gasteiger charge is 2.21. The minimum absolute atomic E-state index is 0.196. The van der Waals surface area contributed by atoms with E-state index in [9.17, 15) is 13.2 Å². The first-order chi connectivity index (χ1) is 13.2. The van der Waals surface area contributed by atoms with Crippen molar-refractivity contribution in [2.24, 2.45) is 0 Å². The molecule has 152 valence electrons. The van der Waals surface area contributed by atoms with Crippen molar-refractivity contribution in [2.45, 2.75) is 0 Å². The molecule has 0 aromatic heterocycles. The maximum atomic E-state index is 12.8. The average Bonchev–Trinajstić information content (AvgIpc) is 2.65. The van der Waals surface area contributed by atoms with Crippen molar-refractivity contribution < 1.29 is 32.2 Å². The summed E-state index contributed by atoms with van der Waals surface area (Å²) < 4.78 is 46.4. The van der Waals surface area contributed by atoms with E-state index in [-0.39, 0.29) is 22.7 Å². The van der Waals surface area contributed by atoms with Crippen LogP contribution in [0, 0.1) is 0 Å². The topological polar surface area (TPSA) is 112 Å². The van der Waals surface area contributed by atoms with Gasteiger partial charge >= 0.3 is 0 Å². The van der Waals surface area contributed by atoms with Gasteiger partial charge in [0.15, 0.2) is 11.5 Å². The molecule has 0 aliphatic carbocycles. The molecule has 9 nitrogen and oxygen atoms in total. The predicted molar refractivity (Wildman–Crippen MR) is 106 cm³/mol. The van der Waals surface area contributed by atoms with E-state index in [1.807, 2.05) is 0 Å². The number of nitrogens with one attached hydrogen (secondary N) is 2. The Morgan fingerprint density at radius 1 is 0.857 bits per heavy atom. The van der Waals surface area contributed by atoms with E-state index in [0.717, 1.165) is 6.26 Å². The largest absolute Gasteiger partial charge is 0.495 e. The van der Waals surface area contributed by atoms with Crippen LogP contribution in [0.25, 0.3) is 0 Å². The van der Waals surface area contributed by atoms with Gasteiger partial charge in [-0.1, -0.05) is 0 Å². The molecule has 1 amide bonds. The van der Waals surface area contributed by atoms with E-state index in [2.05, 4.69) is 10.0 Å². The van der Waals surface area contributed by atoms with Crippen molar-refractivity contribution >= 4 is 27.3 Å². The van der Waals surface area contributed by atoms with Gasteiger partial charge in [0.2, 0.25) is 15.8 Å². The molecule has 0 aliphatic rings. The number of hydrogen-bond donors (Lipinski definition) is 2. The van der Waals surface area contributed by atoms with Crippen molar-refractivity contribution in [1.29, 1.82) is 0 Å². The van der Waals surface area contributed by atoms with Gasteiger partial charge in [0.1, 0.15) is 5.75 Å². The van der Waals surface area contributed by atoms with Crippen molar-refractivity contribution in [3.05, 3.63) is 35.9 Å². The number of methoxy groups -OCH3 is 4. The van der Waals surface area contributed by atoms with E-state index < -0.39 is 15.9 Å². The predicted octanol–water partition coefficient (Wildman–Crippen LogP) is 2.34. The molecule has 2 N–H and O–H groups in total. The minimum Gasteiger partial charge on any atom is -0.495 e. The lowest BCUT2D eigenvalue weighted by Crippen LogP contribution is -2.15. The summed E-state index contributed by atoms with van der Waals surface area (Å²) in [7, 11) is 2.21. The Kier molecular flexibility index (Phi) is 6.57. The number of benzene rings is 2. The van der Waals surface area contributed by atoms with Gasteiger partial charge in [-0.25, -0.2) is 8.42 Å². The first-order valence-corrected chi connectivity index (χ1v) is 9.89. The van der Waals surface area contributed by atoms with Gasteiger partial charge in [0.25, 0.3) is 5.91 Å². The fourth-order valence-electron chi connectivity index (χ4n) is 2.54. The number of ether oxygens (including phenoxy) is 4. The summed E-state index contributed by atoms with van der Waals surface area (Å²) in [4.78, 5) is 12.8. The molecule has 2 aromatic carbocycles. The van der Waals surface area contributed by atoms with Crippen molar-refractivity contribution in [1.82, 2.24) is 0 Å². The molecule has 2 rings (SSSR count). The van der Waals surface area contributed by atoms with Crippen LogP contribution < -0.4 is 29.0 Å². The maximum absolute atomic E-state index is 12.8. The van der Waals surface area contributed by atoms with E-state index in [1.165, 1.54) is 46.6 Å². The van der Waals surface area contributed by atoms with Crippen LogP contribution in [0.5, 0.6) is 23.0 Å². The number of carbonyl (C=O) groups excluding carboxylic acids is 1. The van der Waals surface area contributed by atoms with Crippen LogP contribution in [0.15, 0.2) is 30.3 Å². The molecule has 0 heterocycles. The zero-order valence-electron chi connectivity index (χ0n) is 16.2. The Morgan fingerprint density at radius 2 is 1.46 bits per heavy atom. The summed E-state index contributed by atoms with van der Waals surface area (Å²) in [5, 5.41) is 2.69. The number of hydrogen-bond acceptors (Lipinski definition) is 7. The monoisotopic (exact) mass is 410 g/mol. The highest BCUT2D eigenvalue weighted by molar-refractivity contribution is 7.92. The molecule has 2 aromatic rings. The molecular weight excluding hydrogens is 388 g/mol. The standard InChI is InChI=1S/C18H22N2O7S/c1-24-14-8-6-11(10-13(14)20-28(5,22)23)19-18(21)12-7-9-15(25-2)17(27-4)16(12)26-3/h6-10,20H,1-5H3,(H,19,21). The molecule has 0 radical (unpaired) electrons. The molecule has 0 aliphatic heterocycles. The highest BCUT2D eigenvalue weighted by atomic mass is 32.2. The van der Waals surface area contributed by atoms with Gasteiger partial charge in [0.05, 0.1) is 45.9 Å². The van der Waals surface area contributed by atoms with Crippen molar-refractivity contribution in [3.63, 3.8) is 0 Å². The summed E-state index contributed by atoms with van der Waals surface area (Å²) in [6, 6.07) is 7.69. The second-order valence-corrected chi connectivity index (χ2v) is 7.37. The molecule has 10 heteroatoms. The first kappa shape index (κ1) is 21.2. The van der Waals surface area contributed by atoms with Crippen molar-refractivity contribution in [3.8, 4) is 23.0 Å². The fraction of sp³-hybridized carbons (Fsp3) is 0.278. The molecule has 0 unspecified atom stereocenters. The van der Waals surface area contributed by atoms with Crippen LogP contribution in [-0.4, -0.2) is 49.0 Å². The third-order valence-electron chi connectivity index (χ3n) is 3.70. The highest BCUT2D eigenvalue weighted by Crippen LogP contribution is 2.40. The van der Waals surface area contributed by atoms with Crippen LogP contribution >= 0.6 is 0 Å². The van der Waals surface area contributed by atoms with Crippen LogP contribution in [0.4, 0.5) is 11.4 Å². The average molecular weight is 410 g/mol. The summed E-state index contributed by atoms with van der Waals surface area (Å²) in [6.07, 6.45) is 1.02. The Hall–Kier alpha value is -3.14. The van der Waals surface area contributed by atoms with E-state index in [0.29, 0.717) is 17.2 Å². The zero-order valence-corrected chi connectivity index (χ0v) is 17.0. The quantitative estimate of drug-likeness (QED) is 0.687. The van der Waals surface area contributed by atoms with Crippen LogP contribution in [-0.2, 0) is 10.0 Å². The molecular formula is C18H22N2O7S. The number of anilines is 2. The minimum atomic E-state index is -3.53. The number of rotatable bonds is 8. The van der Waals surface area contributed by atoms with Crippen molar-refractivity contribution in [2.75, 3.05) is 44.7 Å². The second kappa shape index (κ2) is 8.70. The molecule has 0 spiro atoms. The van der Waals surface area contributed by atoms with Crippen LogP contribution in [0.1, 0.15) is 10.4 Å². The number of carbonyl (C=O) groups is 1. The summed E-state index contributed by atoms with van der Waals surface area (Å²) in [6.45, 7) is 0.